The average Bonchev–Trinajstić information content (AvgIpc) is 3.14. The number of rotatable bonds is 5. The van der Waals surface area contributed by atoms with Crippen LogP contribution < -0.4 is 15.2 Å². The molecule has 2 heterocycles. The molecule has 1 unspecified atom stereocenters. The van der Waals surface area contributed by atoms with Gasteiger partial charge in [-0.2, -0.15) is 10.2 Å². The quantitative estimate of drug-likeness (QED) is 0.760. The number of hydrogen-bond donors (Lipinski definition) is 1. The Morgan fingerprint density at radius 3 is 2.59 bits per heavy atom. The molecule has 0 fully saturated rings. The number of carbonyl (C=O) groups excluding carboxylic acids is 1. The molecule has 0 amide bonds. The second kappa shape index (κ2) is 8.16. The Balaban J connectivity index is 1.65. The van der Waals surface area contributed by atoms with Crippen LogP contribution in [0.2, 0.25) is 0 Å². The van der Waals surface area contributed by atoms with E-state index < -0.39 is 11.0 Å². The largest absolute Gasteiger partial charge is 0.497 e. The minimum atomic E-state index is -0.686. The van der Waals surface area contributed by atoms with Crippen LogP contribution in [0.15, 0.2) is 64.8 Å². The minimum absolute atomic E-state index is 0.303. The van der Waals surface area contributed by atoms with E-state index >= 15 is 0 Å². The lowest BCUT2D eigenvalue weighted by atomic mass is 10.0. The summed E-state index contributed by atoms with van der Waals surface area (Å²) in [4.78, 5) is 11.7. The first-order valence-corrected chi connectivity index (χ1v) is 10.2. The van der Waals surface area contributed by atoms with Gasteiger partial charge in [0.2, 0.25) is 10.0 Å². The van der Waals surface area contributed by atoms with E-state index in [1.54, 1.807) is 14.0 Å². The standard InChI is InChI=1S/C21H22N4O3S/c1-3-28-20(26)19-23-25(16-9-11-17(27-2)12-10-16)21(29-19)14-13-18(22-24-21)15-7-5-4-6-8-15/h4-12,24H,3,13-14H2,1-2H3. The van der Waals surface area contributed by atoms with E-state index in [0.717, 1.165) is 29.1 Å². The number of anilines is 1. The molecule has 1 atom stereocenters. The normalized spacial score (nSPS) is 20.7. The molecule has 0 aliphatic carbocycles. The summed E-state index contributed by atoms with van der Waals surface area (Å²) in [5.41, 5.74) is 6.17. The summed E-state index contributed by atoms with van der Waals surface area (Å²) in [6.45, 7) is 2.09. The number of hydrogen-bond acceptors (Lipinski definition) is 8. The van der Waals surface area contributed by atoms with E-state index in [4.69, 9.17) is 9.47 Å². The number of ether oxygens (including phenoxy) is 2. The molecular weight excluding hydrogens is 388 g/mol. The van der Waals surface area contributed by atoms with Crippen LogP contribution in [-0.4, -0.2) is 35.4 Å². The van der Waals surface area contributed by atoms with E-state index in [1.165, 1.54) is 11.8 Å². The maximum absolute atomic E-state index is 12.4. The fourth-order valence-electron chi connectivity index (χ4n) is 3.28. The van der Waals surface area contributed by atoms with E-state index in [1.807, 2.05) is 59.6 Å². The van der Waals surface area contributed by atoms with Crippen molar-refractivity contribution in [3.05, 3.63) is 60.2 Å². The van der Waals surface area contributed by atoms with Gasteiger partial charge in [-0.1, -0.05) is 30.3 Å². The van der Waals surface area contributed by atoms with Crippen molar-refractivity contribution in [2.75, 3.05) is 18.7 Å². The highest BCUT2D eigenvalue weighted by molar-refractivity contribution is 8.17. The maximum atomic E-state index is 12.4. The van der Waals surface area contributed by atoms with Gasteiger partial charge in [-0.25, -0.2) is 9.80 Å². The third-order valence-corrected chi connectivity index (χ3v) is 5.99. The highest BCUT2D eigenvalue weighted by Gasteiger charge is 2.48. The van der Waals surface area contributed by atoms with Gasteiger partial charge in [0.1, 0.15) is 5.75 Å². The number of benzene rings is 2. The van der Waals surface area contributed by atoms with Gasteiger partial charge in [0.15, 0.2) is 0 Å². The van der Waals surface area contributed by atoms with Crippen molar-refractivity contribution in [3.63, 3.8) is 0 Å². The van der Waals surface area contributed by atoms with Crippen molar-refractivity contribution in [2.24, 2.45) is 10.2 Å². The SMILES string of the molecule is CCOC(=O)C1=NN(c2ccc(OC)cc2)C2(CCC(c3ccccc3)=NN2)S1. The number of esters is 1. The Bertz CT molecular complexity index is 946. The van der Waals surface area contributed by atoms with Gasteiger partial charge in [0.25, 0.3) is 0 Å². The first kappa shape index (κ1) is 19.3. The van der Waals surface area contributed by atoms with Crippen LogP contribution in [0.3, 0.4) is 0 Å². The summed E-state index contributed by atoms with van der Waals surface area (Å²) in [7, 11) is 1.63. The van der Waals surface area contributed by atoms with Gasteiger partial charge in [0, 0.05) is 6.42 Å². The highest BCUT2D eigenvalue weighted by atomic mass is 32.2. The molecule has 0 saturated carbocycles. The van der Waals surface area contributed by atoms with Crippen molar-refractivity contribution >= 4 is 34.2 Å². The molecule has 2 aromatic carbocycles. The van der Waals surface area contributed by atoms with Crippen LogP contribution in [-0.2, 0) is 9.53 Å². The van der Waals surface area contributed by atoms with Crippen LogP contribution in [0.4, 0.5) is 5.69 Å². The van der Waals surface area contributed by atoms with Crippen molar-refractivity contribution < 1.29 is 14.3 Å². The van der Waals surface area contributed by atoms with Gasteiger partial charge >= 0.3 is 5.97 Å². The van der Waals surface area contributed by atoms with Crippen LogP contribution in [0.5, 0.6) is 5.75 Å². The number of carbonyl (C=O) groups is 1. The van der Waals surface area contributed by atoms with E-state index in [-0.39, 0.29) is 0 Å². The molecule has 8 heteroatoms. The van der Waals surface area contributed by atoms with Gasteiger partial charge < -0.3 is 9.47 Å². The maximum Gasteiger partial charge on any atom is 0.365 e. The molecular formula is C21H22N4O3S. The molecule has 0 aromatic heterocycles. The molecule has 29 heavy (non-hydrogen) atoms. The van der Waals surface area contributed by atoms with Crippen LogP contribution in [0, 0.1) is 0 Å². The molecule has 0 radical (unpaired) electrons. The fraction of sp³-hybridized carbons (Fsp3) is 0.286. The first-order chi connectivity index (χ1) is 14.1. The Labute approximate surface area is 173 Å². The summed E-state index contributed by atoms with van der Waals surface area (Å²) in [5, 5.41) is 11.3. The monoisotopic (exact) mass is 410 g/mol. The van der Waals surface area contributed by atoms with E-state index in [2.05, 4.69) is 15.6 Å². The Morgan fingerprint density at radius 1 is 1.21 bits per heavy atom. The van der Waals surface area contributed by atoms with Gasteiger partial charge in [-0.05, 0) is 54.9 Å². The van der Waals surface area contributed by atoms with Crippen molar-refractivity contribution in [1.82, 2.24) is 5.43 Å². The Kier molecular flexibility index (Phi) is 5.44. The smallest absolute Gasteiger partial charge is 0.365 e. The predicted octanol–water partition coefficient (Wildman–Crippen LogP) is 3.57. The number of nitrogens with zero attached hydrogens (tertiary/aromatic N) is 3. The summed E-state index contributed by atoms with van der Waals surface area (Å²) in [5.74, 6) is 0.331. The molecule has 4 rings (SSSR count). The number of hydrazone groups is 2. The zero-order chi connectivity index (χ0) is 20.3. The van der Waals surface area contributed by atoms with Gasteiger partial charge in [0.05, 0.1) is 25.1 Å². The molecule has 2 aromatic rings. The molecule has 2 aliphatic heterocycles. The first-order valence-electron chi connectivity index (χ1n) is 9.43. The van der Waals surface area contributed by atoms with Crippen molar-refractivity contribution in [2.45, 2.75) is 24.8 Å². The van der Waals surface area contributed by atoms with E-state index in [0.29, 0.717) is 18.1 Å². The number of thioether (sulfide) groups is 1. The summed E-state index contributed by atoms with van der Waals surface area (Å²) < 4.78 is 10.4. The molecule has 2 aliphatic rings. The van der Waals surface area contributed by atoms with Gasteiger partial charge in [-0.15, -0.1) is 0 Å². The van der Waals surface area contributed by atoms with Crippen LogP contribution in [0.1, 0.15) is 25.3 Å². The average molecular weight is 410 g/mol. The lowest BCUT2D eigenvalue weighted by molar-refractivity contribution is -0.134. The molecule has 0 bridgehead atoms. The minimum Gasteiger partial charge on any atom is -0.497 e. The zero-order valence-electron chi connectivity index (χ0n) is 16.3. The predicted molar refractivity (Wildman–Crippen MR) is 115 cm³/mol. The molecule has 0 saturated heterocycles. The van der Waals surface area contributed by atoms with Crippen LogP contribution in [0.25, 0.3) is 0 Å². The van der Waals surface area contributed by atoms with E-state index in [9.17, 15) is 4.79 Å². The van der Waals surface area contributed by atoms with Gasteiger partial charge in [-0.3, -0.25) is 5.43 Å². The lowest BCUT2D eigenvalue weighted by Crippen LogP contribution is -2.53. The Morgan fingerprint density at radius 2 is 1.97 bits per heavy atom. The number of nitrogens with one attached hydrogen (secondary N) is 1. The number of methoxy groups -OCH3 is 1. The van der Waals surface area contributed by atoms with Crippen molar-refractivity contribution in [3.8, 4) is 5.75 Å². The molecule has 1 spiro atoms. The summed E-state index contributed by atoms with van der Waals surface area (Å²) in [6.07, 6.45) is 1.46. The summed E-state index contributed by atoms with van der Waals surface area (Å²) in [6, 6.07) is 17.6. The lowest BCUT2D eigenvalue weighted by Gasteiger charge is -2.38. The third-order valence-electron chi connectivity index (χ3n) is 4.74. The second-order valence-electron chi connectivity index (χ2n) is 6.56. The Hall–Kier alpha value is -3.00. The molecule has 150 valence electrons. The molecule has 7 nitrogen and oxygen atoms in total. The van der Waals surface area contributed by atoms with Crippen molar-refractivity contribution in [1.29, 1.82) is 0 Å². The topological polar surface area (TPSA) is 75.5 Å². The van der Waals surface area contributed by atoms with Crippen LogP contribution >= 0.6 is 11.8 Å². The molecule has 1 N–H and O–H groups in total. The highest BCUT2D eigenvalue weighted by Crippen LogP contribution is 2.44. The third kappa shape index (κ3) is 3.80. The zero-order valence-corrected chi connectivity index (χ0v) is 17.1. The second-order valence-corrected chi connectivity index (χ2v) is 7.82. The fourth-order valence-corrected chi connectivity index (χ4v) is 4.39. The summed E-state index contributed by atoms with van der Waals surface area (Å²) >= 11 is 1.34.